The van der Waals surface area contributed by atoms with E-state index in [1.807, 2.05) is 12.1 Å². The molecule has 13 rings (SSSR count). The smallest absolute Gasteiger partial charge is 0.328 e. The number of alkyl halides is 3. The molecule has 0 aliphatic carbocycles. The number of unbranched alkanes of at least 4 members (excludes halogenated alkanes) is 3. The minimum Gasteiger partial charge on any atom is -0.328 e. The van der Waals surface area contributed by atoms with Gasteiger partial charge in [-0.05, 0) is 193 Å². The van der Waals surface area contributed by atoms with Gasteiger partial charge in [-0.2, -0.15) is 13.2 Å². The molecule has 3 fully saturated rings. The molecule has 4 nitrogen and oxygen atoms in total. The van der Waals surface area contributed by atoms with E-state index >= 15 is 0 Å². The van der Waals surface area contributed by atoms with Crippen molar-refractivity contribution in [3.63, 3.8) is 0 Å². The molecule has 3 saturated heterocycles. The van der Waals surface area contributed by atoms with E-state index in [-0.39, 0.29) is 33.0 Å². The molecule has 1 atom stereocenters. The van der Waals surface area contributed by atoms with E-state index in [1.54, 1.807) is 42.5 Å². The van der Waals surface area contributed by atoms with Crippen molar-refractivity contribution in [1.82, 2.24) is 5.32 Å². The number of halogens is 3. The van der Waals surface area contributed by atoms with Gasteiger partial charge < -0.3 is 18.8 Å². The Morgan fingerprint density at radius 3 is 1.04 bits per heavy atom. The molecule has 0 amide bonds. The van der Waals surface area contributed by atoms with Gasteiger partial charge in [0, 0.05) is 47.6 Å². The Kier molecular flexibility index (Phi) is 20.9. The second-order valence-electron chi connectivity index (χ2n) is 34.6. The van der Waals surface area contributed by atoms with E-state index in [2.05, 4.69) is 269 Å². The van der Waals surface area contributed by atoms with Gasteiger partial charge >= 0.3 is 6.18 Å². The molecule has 1 unspecified atom stereocenters. The monoisotopic (exact) mass is 1380 g/mol. The quantitative estimate of drug-likeness (QED) is 0.0527. The molecular weight excluding hydrogens is 1270 g/mol. The van der Waals surface area contributed by atoms with Crippen molar-refractivity contribution in [1.29, 1.82) is 0 Å². The van der Waals surface area contributed by atoms with Crippen LogP contribution >= 0.6 is 0 Å². The highest BCUT2D eigenvalue weighted by Gasteiger charge is 2.53. The third-order valence-electron chi connectivity index (χ3n) is 24.9. The Morgan fingerprint density at radius 1 is 0.388 bits per heavy atom. The predicted octanol–water partition coefficient (Wildman–Crippen LogP) is 23.1. The highest BCUT2D eigenvalue weighted by atomic mass is 19.4. The fourth-order valence-electron chi connectivity index (χ4n) is 18.4. The molecule has 10 aromatic rings. The number of nitrogens with one attached hydrogen (secondary N) is 1. The van der Waals surface area contributed by atoms with Crippen LogP contribution in [0.15, 0.2) is 249 Å². The summed E-state index contributed by atoms with van der Waals surface area (Å²) in [6, 6.07) is 88.5. The molecule has 3 aliphatic heterocycles. The summed E-state index contributed by atoms with van der Waals surface area (Å²) in [4.78, 5) is 0. The van der Waals surface area contributed by atoms with Gasteiger partial charge in [-0.25, -0.2) is 0 Å². The Morgan fingerprint density at radius 2 is 0.689 bits per heavy atom. The number of hydrogen-bond donors (Lipinski definition) is 1. The summed E-state index contributed by atoms with van der Waals surface area (Å²) in [6.45, 7) is 21.3. The van der Waals surface area contributed by atoms with Gasteiger partial charge in [-0.3, -0.25) is 0 Å². The van der Waals surface area contributed by atoms with Gasteiger partial charge in [0.05, 0.1) is 81.1 Å². The molecule has 7 heteroatoms. The van der Waals surface area contributed by atoms with Crippen molar-refractivity contribution in [2.45, 2.75) is 146 Å². The van der Waals surface area contributed by atoms with Crippen LogP contribution in [0.3, 0.4) is 0 Å². The lowest BCUT2D eigenvalue weighted by molar-refractivity contribution is -0.915. The average molecular weight is 1380 g/mol. The van der Waals surface area contributed by atoms with Crippen molar-refractivity contribution in [3.8, 4) is 66.8 Å². The first-order valence-electron chi connectivity index (χ1n) is 38.4. The number of rotatable bonds is 22. The van der Waals surface area contributed by atoms with Gasteiger partial charge in [0.2, 0.25) is 0 Å². The molecule has 0 aromatic heterocycles. The Labute approximate surface area is 615 Å². The highest BCUT2D eigenvalue weighted by molar-refractivity contribution is 5.74. The summed E-state index contributed by atoms with van der Waals surface area (Å²) >= 11 is 0. The molecule has 0 radical (unpaired) electrons. The zero-order valence-corrected chi connectivity index (χ0v) is 63.5. The summed E-state index contributed by atoms with van der Waals surface area (Å²) in [5, 5.41) is 3.89. The lowest BCUT2D eigenvalue weighted by Gasteiger charge is -2.47. The molecule has 0 saturated carbocycles. The van der Waals surface area contributed by atoms with Crippen LogP contribution in [0, 0.1) is 12.8 Å². The fourth-order valence-corrected chi connectivity index (χ4v) is 18.4. The second-order valence-corrected chi connectivity index (χ2v) is 34.6. The maximum absolute atomic E-state index is 14.7. The van der Waals surface area contributed by atoms with Crippen molar-refractivity contribution in [3.05, 3.63) is 288 Å². The van der Waals surface area contributed by atoms with Crippen LogP contribution in [0.2, 0.25) is 0 Å². The zero-order chi connectivity index (χ0) is 72.5. The maximum Gasteiger partial charge on any atom is 0.402 e. The predicted molar refractivity (Wildman–Crippen MR) is 427 cm³/mol. The van der Waals surface area contributed by atoms with E-state index < -0.39 is 11.6 Å². The zero-order valence-electron chi connectivity index (χ0n) is 63.5. The number of piperidine rings is 3. The van der Waals surface area contributed by atoms with E-state index in [0.29, 0.717) is 0 Å². The van der Waals surface area contributed by atoms with E-state index in [0.717, 1.165) is 80.4 Å². The Bertz CT molecular complexity index is 4400. The molecule has 10 aromatic carbocycles. The van der Waals surface area contributed by atoms with Crippen molar-refractivity contribution in [2.75, 3.05) is 81.1 Å². The van der Waals surface area contributed by atoms with Gasteiger partial charge in [-0.1, -0.05) is 254 Å². The van der Waals surface area contributed by atoms with Gasteiger partial charge in [0.25, 0.3) is 0 Å². The number of likely N-dealkylation sites (tertiary alicyclic amines) is 2. The summed E-state index contributed by atoms with van der Waals surface area (Å²) < 4.78 is 47.5. The van der Waals surface area contributed by atoms with Crippen LogP contribution in [0.1, 0.15) is 144 Å². The number of hydrogen-bond acceptors (Lipinski definition) is 1. The van der Waals surface area contributed by atoms with Crippen LogP contribution < -0.4 is 5.32 Å². The third kappa shape index (κ3) is 16.4. The molecule has 3 aliphatic rings. The van der Waals surface area contributed by atoms with Crippen molar-refractivity contribution >= 4 is 0 Å². The number of nitrogens with zero attached hydrogens (tertiary/aromatic N) is 3. The SMILES string of the molecule is Cc1ccc(-c2ccc(-c3ccc(C4(c5ccc(-c6ccc(-c7ccc(C8(c9ccc(-c%10ccc(-c%11ccc(C(C)(c%12ccccc%12)C(F)(F)F)cc%11)cc%10)cc9)CC[N+](C)(C)CC8)cc7)cc6)cc5)CC[N+](C)(CCCCCC[N+](C)(C)CCC5CC(C)(C)NC(C)(C)C5)CC4)cc3)cc2)cc1. The van der Waals surface area contributed by atoms with Gasteiger partial charge in [0.15, 0.2) is 0 Å². The second kappa shape index (κ2) is 29.4. The largest absolute Gasteiger partial charge is 0.402 e. The molecular formula is C96H112F3N4+3. The van der Waals surface area contributed by atoms with Crippen LogP contribution in [0.25, 0.3) is 66.8 Å². The Hall–Kier alpha value is -8.17. The van der Waals surface area contributed by atoms with E-state index in [9.17, 15) is 13.2 Å². The minimum atomic E-state index is -4.46. The van der Waals surface area contributed by atoms with E-state index in [4.69, 9.17) is 0 Å². The van der Waals surface area contributed by atoms with Crippen LogP contribution in [0.4, 0.5) is 13.2 Å². The number of aryl methyl sites for hydroxylation is 1. The molecule has 0 bridgehead atoms. The third-order valence-corrected chi connectivity index (χ3v) is 24.9. The van der Waals surface area contributed by atoms with Crippen LogP contribution in [-0.4, -0.2) is 112 Å². The topological polar surface area (TPSA) is 12.0 Å². The van der Waals surface area contributed by atoms with Crippen LogP contribution in [-0.2, 0) is 16.2 Å². The lowest BCUT2D eigenvalue weighted by atomic mass is 9.67. The van der Waals surface area contributed by atoms with Crippen LogP contribution in [0.5, 0.6) is 0 Å². The summed E-state index contributed by atoms with van der Waals surface area (Å²) in [5.41, 5.74) is 19.4. The molecule has 3 heterocycles. The standard InChI is InChI=1S/C96H112F3N4/c1-71-21-23-73(24-22-71)74-25-27-76(28-26-74)83-43-53-89(54-44-83)95(60-67-103(11,68-61-95)63-18-13-12-17-62-101(7,8)64-57-72-69-91(2,3)100-92(4,5)70-72)90-55-45-84(46-56-90)79-35-33-78(34-36-79)82-41-51-88(52-42-82)94(58-65-102(9,10)66-59-94)87-49-39-81(40-50-87)77-31-29-75(30-32-77)80-37-47-86(48-38-80)93(6,96(97,98)99)85-19-15-14-16-20-85/h14-16,19-56,72,100H,12-13,17-18,57-70H2,1-11H3/q+3. The Balaban J connectivity index is 0.672. The first-order valence-corrected chi connectivity index (χ1v) is 38.4. The molecule has 534 valence electrons. The van der Waals surface area contributed by atoms with E-state index in [1.165, 1.54) is 157 Å². The highest BCUT2D eigenvalue weighted by Crippen LogP contribution is 2.49. The van der Waals surface area contributed by atoms with Crippen molar-refractivity contribution in [2.24, 2.45) is 5.92 Å². The first kappa shape index (κ1) is 73.2. The molecule has 103 heavy (non-hydrogen) atoms. The average Bonchev–Trinajstić information content (AvgIpc) is 0.765. The summed E-state index contributed by atoms with van der Waals surface area (Å²) in [7, 11) is 12.2. The summed E-state index contributed by atoms with van der Waals surface area (Å²) in [5.74, 6) is 0.796. The van der Waals surface area contributed by atoms with Gasteiger partial charge in [-0.15, -0.1) is 0 Å². The minimum absolute atomic E-state index is 0.0768. The fraction of sp³-hybridized carbons (Fsp3) is 0.375. The molecule has 0 spiro atoms. The van der Waals surface area contributed by atoms with Crippen molar-refractivity contribution < 1.29 is 26.6 Å². The van der Waals surface area contributed by atoms with Gasteiger partial charge in [0.1, 0.15) is 5.41 Å². The normalized spacial score (nSPS) is 20.3. The summed E-state index contributed by atoms with van der Waals surface area (Å²) in [6.07, 6.45) is 9.01. The molecule has 1 N–H and O–H groups in total. The maximum atomic E-state index is 14.7. The number of quaternary nitrogens is 3. The first-order chi connectivity index (χ1) is 49.1. The number of benzene rings is 10. The lowest BCUT2D eigenvalue weighted by Crippen LogP contribution is -2.58.